The van der Waals surface area contributed by atoms with Gasteiger partial charge in [0.1, 0.15) is 0 Å². The van der Waals surface area contributed by atoms with E-state index in [2.05, 4.69) is 64.1 Å². The van der Waals surface area contributed by atoms with Crippen molar-refractivity contribution >= 4 is 23.6 Å². The number of rotatable bonds is 1. The first-order valence-corrected chi connectivity index (χ1v) is 7.84. The molecule has 0 amide bonds. The maximum absolute atomic E-state index is 6.15. The second-order valence-electron chi connectivity index (χ2n) is 8.12. The highest BCUT2D eigenvalue weighted by molar-refractivity contribution is 6.62. The lowest BCUT2D eigenvalue weighted by Gasteiger charge is -2.32. The molecular weight excluding hydrogens is 275 g/mol. The summed E-state index contributed by atoms with van der Waals surface area (Å²) >= 11 is 0. The van der Waals surface area contributed by atoms with E-state index in [1.807, 2.05) is 18.5 Å². The van der Waals surface area contributed by atoms with Crippen LogP contribution in [0.3, 0.4) is 0 Å². The van der Waals surface area contributed by atoms with Gasteiger partial charge in [0.2, 0.25) is 0 Å². The maximum atomic E-state index is 6.15. The van der Waals surface area contributed by atoms with E-state index < -0.39 is 0 Å². The van der Waals surface area contributed by atoms with E-state index in [4.69, 9.17) is 9.31 Å². The third-order valence-electron chi connectivity index (χ3n) is 4.82. The molecule has 2 heterocycles. The zero-order chi connectivity index (χ0) is 16.3. The van der Waals surface area contributed by atoms with E-state index in [9.17, 15) is 0 Å². The van der Waals surface area contributed by atoms with Crippen LogP contribution in [0.5, 0.6) is 0 Å². The quantitative estimate of drug-likeness (QED) is 0.759. The summed E-state index contributed by atoms with van der Waals surface area (Å²) in [6.45, 7) is 14.8. The zero-order valence-corrected chi connectivity index (χ0v) is 14.6. The van der Waals surface area contributed by atoms with Crippen LogP contribution in [0, 0.1) is 0 Å². The van der Waals surface area contributed by atoms with Crippen LogP contribution in [0.25, 0.3) is 11.0 Å². The number of hydrogen-bond acceptors (Lipinski definition) is 3. The minimum absolute atomic E-state index is 0.0106. The molecule has 0 spiro atoms. The Balaban J connectivity index is 2.03. The van der Waals surface area contributed by atoms with Gasteiger partial charge in [-0.3, -0.25) is 0 Å². The molecule has 3 rings (SSSR count). The Labute approximate surface area is 133 Å². The molecular formula is C17H25BN2O2. The van der Waals surface area contributed by atoms with Crippen molar-refractivity contribution in [1.29, 1.82) is 0 Å². The van der Waals surface area contributed by atoms with Gasteiger partial charge in [0, 0.05) is 5.54 Å². The lowest BCUT2D eigenvalue weighted by molar-refractivity contribution is 0.00578. The molecule has 22 heavy (non-hydrogen) atoms. The first-order chi connectivity index (χ1) is 10.0. The smallest absolute Gasteiger partial charge is 0.399 e. The van der Waals surface area contributed by atoms with Gasteiger partial charge < -0.3 is 13.9 Å². The first kappa shape index (κ1) is 15.6. The molecule has 0 saturated carbocycles. The lowest BCUT2D eigenvalue weighted by Crippen LogP contribution is -2.41. The van der Waals surface area contributed by atoms with Crippen molar-refractivity contribution in [2.24, 2.45) is 0 Å². The minimum Gasteiger partial charge on any atom is -0.399 e. The Hall–Kier alpha value is -1.33. The van der Waals surface area contributed by atoms with Gasteiger partial charge in [-0.15, -0.1) is 0 Å². The molecule has 0 atom stereocenters. The molecule has 5 heteroatoms. The highest BCUT2D eigenvalue weighted by atomic mass is 16.7. The minimum atomic E-state index is -0.335. The predicted octanol–water partition coefficient (Wildman–Crippen LogP) is 3.09. The molecule has 118 valence electrons. The number of aromatic nitrogens is 2. The summed E-state index contributed by atoms with van der Waals surface area (Å²) in [6, 6.07) is 6.22. The molecule has 0 bridgehead atoms. The Kier molecular flexibility index (Phi) is 3.25. The molecule has 0 radical (unpaired) electrons. The standard InChI is InChI=1S/C17H25BN2O2/c1-15(2,3)20-11-19-13-9-8-12(10-14(13)20)18-21-16(4,5)17(6,7)22-18/h8-11H,1-7H3. The third kappa shape index (κ3) is 2.36. The monoisotopic (exact) mass is 300 g/mol. The predicted molar refractivity (Wildman–Crippen MR) is 90.4 cm³/mol. The van der Waals surface area contributed by atoms with Gasteiger partial charge >= 0.3 is 7.12 Å². The van der Waals surface area contributed by atoms with E-state index in [-0.39, 0.29) is 23.9 Å². The van der Waals surface area contributed by atoms with Crippen LogP contribution >= 0.6 is 0 Å². The Morgan fingerprint density at radius 2 is 1.64 bits per heavy atom. The van der Waals surface area contributed by atoms with Crippen LogP contribution in [0.1, 0.15) is 48.5 Å². The van der Waals surface area contributed by atoms with Gasteiger partial charge in [0.05, 0.1) is 28.6 Å². The largest absolute Gasteiger partial charge is 0.494 e. The summed E-state index contributed by atoms with van der Waals surface area (Å²) in [5.41, 5.74) is 2.49. The third-order valence-corrected chi connectivity index (χ3v) is 4.82. The second kappa shape index (κ2) is 4.59. The van der Waals surface area contributed by atoms with Crippen LogP contribution in [0.15, 0.2) is 24.5 Å². The molecule has 0 N–H and O–H groups in total. The number of nitrogens with zero attached hydrogens (tertiary/aromatic N) is 2. The van der Waals surface area contributed by atoms with Crippen molar-refractivity contribution in [2.45, 2.75) is 65.2 Å². The summed E-state index contributed by atoms with van der Waals surface area (Å²) in [6.07, 6.45) is 1.90. The van der Waals surface area contributed by atoms with E-state index in [1.54, 1.807) is 0 Å². The summed E-state index contributed by atoms with van der Waals surface area (Å²) in [7, 11) is -0.335. The number of fused-ring (bicyclic) bond motifs is 1. The number of benzene rings is 1. The average Bonchev–Trinajstić information content (AvgIpc) is 2.87. The highest BCUT2D eigenvalue weighted by Crippen LogP contribution is 2.36. The van der Waals surface area contributed by atoms with Gasteiger partial charge in [-0.05, 0) is 66.1 Å². The summed E-state index contributed by atoms with van der Waals surface area (Å²) in [5.74, 6) is 0. The van der Waals surface area contributed by atoms with Crippen LogP contribution in [-0.4, -0.2) is 27.9 Å². The van der Waals surface area contributed by atoms with Crippen molar-refractivity contribution in [3.8, 4) is 0 Å². The average molecular weight is 300 g/mol. The van der Waals surface area contributed by atoms with Crippen LogP contribution in [0.4, 0.5) is 0 Å². The molecule has 1 aromatic carbocycles. The van der Waals surface area contributed by atoms with Crippen molar-refractivity contribution in [3.63, 3.8) is 0 Å². The van der Waals surface area contributed by atoms with Gasteiger partial charge in [0.15, 0.2) is 0 Å². The fraction of sp³-hybridized carbons (Fsp3) is 0.588. The number of imidazole rings is 1. The second-order valence-corrected chi connectivity index (χ2v) is 8.12. The molecule has 1 aromatic heterocycles. The van der Waals surface area contributed by atoms with Crippen molar-refractivity contribution in [1.82, 2.24) is 9.55 Å². The zero-order valence-electron chi connectivity index (χ0n) is 14.6. The van der Waals surface area contributed by atoms with Crippen LogP contribution < -0.4 is 5.46 Å². The van der Waals surface area contributed by atoms with E-state index >= 15 is 0 Å². The SMILES string of the molecule is CC(C)(C)n1cnc2ccc(B3OC(C)(C)C(C)(C)O3)cc21. The number of hydrogen-bond donors (Lipinski definition) is 0. The fourth-order valence-corrected chi connectivity index (χ4v) is 2.69. The van der Waals surface area contributed by atoms with E-state index in [1.165, 1.54) is 0 Å². The summed E-state index contributed by atoms with van der Waals surface area (Å²) < 4.78 is 14.5. The summed E-state index contributed by atoms with van der Waals surface area (Å²) in [4.78, 5) is 4.49. The molecule has 0 unspecified atom stereocenters. The topological polar surface area (TPSA) is 36.3 Å². The molecule has 1 aliphatic heterocycles. The van der Waals surface area contributed by atoms with Crippen molar-refractivity contribution in [2.75, 3.05) is 0 Å². The molecule has 4 nitrogen and oxygen atoms in total. The van der Waals surface area contributed by atoms with E-state index in [0.717, 1.165) is 16.5 Å². The van der Waals surface area contributed by atoms with E-state index in [0.29, 0.717) is 0 Å². The first-order valence-electron chi connectivity index (χ1n) is 7.84. The Morgan fingerprint density at radius 1 is 1.05 bits per heavy atom. The Morgan fingerprint density at radius 3 is 2.18 bits per heavy atom. The summed E-state index contributed by atoms with van der Waals surface area (Å²) in [5, 5.41) is 0. The van der Waals surface area contributed by atoms with Gasteiger partial charge in [-0.25, -0.2) is 4.98 Å². The fourth-order valence-electron chi connectivity index (χ4n) is 2.69. The Bertz CT molecular complexity index is 697. The molecule has 1 aliphatic rings. The maximum Gasteiger partial charge on any atom is 0.494 e. The van der Waals surface area contributed by atoms with Gasteiger partial charge in [-0.2, -0.15) is 0 Å². The van der Waals surface area contributed by atoms with Crippen molar-refractivity contribution in [3.05, 3.63) is 24.5 Å². The van der Waals surface area contributed by atoms with Crippen LogP contribution in [0.2, 0.25) is 0 Å². The highest BCUT2D eigenvalue weighted by Gasteiger charge is 2.51. The molecule has 0 aliphatic carbocycles. The van der Waals surface area contributed by atoms with Gasteiger partial charge in [0.25, 0.3) is 0 Å². The van der Waals surface area contributed by atoms with Gasteiger partial charge in [-0.1, -0.05) is 6.07 Å². The van der Waals surface area contributed by atoms with Crippen LogP contribution in [-0.2, 0) is 14.8 Å². The lowest BCUT2D eigenvalue weighted by atomic mass is 9.79. The molecule has 2 aromatic rings. The molecule has 1 fully saturated rings. The normalized spacial score (nSPS) is 20.8. The molecule has 1 saturated heterocycles. The van der Waals surface area contributed by atoms with Crippen molar-refractivity contribution < 1.29 is 9.31 Å².